The van der Waals surface area contributed by atoms with Crippen LogP contribution in [0.5, 0.6) is 0 Å². The molecule has 1 aliphatic heterocycles. The molecule has 5 nitrogen and oxygen atoms in total. The Balaban J connectivity index is 2.05. The maximum absolute atomic E-state index is 12.3. The molecule has 0 radical (unpaired) electrons. The van der Waals surface area contributed by atoms with Crippen molar-refractivity contribution in [2.45, 2.75) is 6.92 Å². The number of nitriles is 1. The molecule has 1 amide bonds. The lowest BCUT2D eigenvalue weighted by Crippen LogP contribution is -2.47. The number of carbonyl (C=O) groups is 1. The molecule has 1 heterocycles. The standard InChI is InChI=1S/C16H20N4O/c1-13-5-3-4-6-15(13)18-12-14(11-17)16(21)20-9-7-19(2)8-10-20/h3-6,12,18H,7-10H2,1-2H3/b14-12-. The smallest absolute Gasteiger partial charge is 0.266 e. The first kappa shape index (κ1) is 15.1. The molecule has 1 aliphatic rings. The number of para-hydroxylation sites is 1. The highest BCUT2D eigenvalue weighted by Crippen LogP contribution is 2.14. The van der Waals surface area contributed by atoms with Crippen molar-refractivity contribution in [3.05, 3.63) is 41.6 Å². The van der Waals surface area contributed by atoms with E-state index in [2.05, 4.69) is 10.2 Å². The molecule has 0 unspecified atom stereocenters. The molecule has 0 spiro atoms. The van der Waals surface area contributed by atoms with Crippen molar-refractivity contribution < 1.29 is 4.79 Å². The molecule has 1 N–H and O–H groups in total. The van der Waals surface area contributed by atoms with Crippen molar-refractivity contribution in [2.24, 2.45) is 0 Å². The third kappa shape index (κ3) is 3.83. The average Bonchev–Trinajstić information content (AvgIpc) is 2.50. The third-order valence-electron chi connectivity index (χ3n) is 3.66. The molecule has 2 rings (SSSR count). The molecule has 0 atom stereocenters. The van der Waals surface area contributed by atoms with Gasteiger partial charge in [-0.1, -0.05) is 18.2 Å². The van der Waals surface area contributed by atoms with Gasteiger partial charge in [0.25, 0.3) is 5.91 Å². The van der Waals surface area contributed by atoms with Gasteiger partial charge < -0.3 is 15.1 Å². The van der Waals surface area contributed by atoms with E-state index in [0.717, 1.165) is 24.3 Å². The summed E-state index contributed by atoms with van der Waals surface area (Å²) in [6.45, 7) is 4.99. The molecule has 110 valence electrons. The normalized spacial score (nSPS) is 16.4. The number of carbonyl (C=O) groups excluding carboxylic acids is 1. The van der Waals surface area contributed by atoms with Gasteiger partial charge in [-0.25, -0.2) is 0 Å². The summed E-state index contributed by atoms with van der Waals surface area (Å²) in [5.41, 5.74) is 2.11. The van der Waals surface area contributed by atoms with Crippen molar-refractivity contribution in [3.63, 3.8) is 0 Å². The molecule has 0 bridgehead atoms. The third-order valence-corrected chi connectivity index (χ3v) is 3.66. The Morgan fingerprint density at radius 3 is 2.57 bits per heavy atom. The number of nitrogens with one attached hydrogen (secondary N) is 1. The topological polar surface area (TPSA) is 59.4 Å². The summed E-state index contributed by atoms with van der Waals surface area (Å²) in [5, 5.41) is 12.3. The molecule has 1 saturated heterocycles. The molecule has 0 aliphatic carbocycles. The zero-order valence-electron chi connectivity index (χ0n) is 12.5. The largest absolute Gasteiger partial charge is 0.360 e. The Morgan fingerprint density at radius 2 is 1.95 bits per heavy atom. The van der Waals surface area contributed by atoms with Gasteiger partial charge in [-0.3, -0.25) is 4.79 Å². The molecule has 0 aromatic heterocycles. The zero-order chi connectivity index (χ0) is 15.2. The number of benzene rings is 1. The molecule has 1 aromatic rings. The van der Waals surface area contributed by atoms with Gasteiger partial charge in [0.05, 0.1) is 0 Å². The van der Waals surface area contributed by atoms with Gasteiger partial charge in [0, 0.05) is 38.1 Å². The first-order valence-corrected chi connectivity index (χ1v) is 7.02. The van der Waals surface area contributed by atoms with Gasteiger partial charge in [0.15, 0.2) is 0 Å². The number of hydrogen-bond acceptors (Lipinski definition) is 4. The van der Waals surface area contributed by atoms with Crippen LogP contribution in [0.4, 0.5) is 5.69 Å². The van der Waals surface area contributed by atoms with E-state index < -0.39 is 0 Å². The molecule has 5 heteroatoms. The summed E-state index contributed by atoms with van der Waals surface area (Å²) < 4.78 is 0. The minimum absolute atomic E-state index is 0.141. The Hall–Kier alpha value is -2.32. The summed E-state index contributed by atoms with van der Waals surface area (Å²) in [6, 6.07) is 9.75. The summed E-state index contributed by atoms with van der Waals surface area (Å²) in [7, 11) is 2.03. The Morgan fingerprint density at radius 1 is 1.29 bits per heavy atom. The SMILES string of the molecule is Cc1ccccc1N/C=C(/C#N)C(=O)N1CCN(C)CC1. The number of anilines is 1. The maximum Gasteiger partial charge on any atom is 0.266 e. The van der Waals surface area contributed by atoms with E-state index in [-0.39, 0.29) is 11.5 Å². The minimum atomic E-state index is -0.202. The van der Waals surface area contributed by atoms with E-state index in [1.807, 2.05) is 44.3 Å². The van der Waals surface area contributed by atoms with Crippen molar-refractivity contribution in [1.82, 2.24) is 9.80 Å². The quantitative estimate of drug-likeness (QED) is 0.676. The molecule has 1 fully saturated rings. The fourth-order valence-electron chi connectivity index (χ4n) is 2.21. The lowest BCUT2D eigenvalue weighted by atomic mass is 10.2. The second-order valence-corrected chi connectivity index (χ2v) is 5.22. The number of aryl methyl sites for hydroxylation is 1. The monoisotopic (exact) mass is 284 g/mol. The molecule has 21 heavy (non-hydrogen) atoms. The van der Waals surface area contributed by atoms with Crippen LogP contribution in [0.1, 0.15) is 5.56 Å². The van der Waals surface area contributed by atoms with Crippen LogP contribution in [-0.4, -0.2) is 48.9 Å². The van der Waals surface area contributed by atoms with E-state index in [0.29, 0.717) is 13.1 Å². The number of likely N-dealkylation sites (N-methyl/N-ethyl adjacent to an activating group) is 1. The number of piperazine rings is 1. The average molecular weight is 284 g/mol. The van der Waals surface area contributed by atoms with Crippen molar-refractivity contribution >= 4 is 11.6 Å². The second-order valence-electron chi connectivity index (χ2n) is 5.22. The molecular weight excluding hydrogens is 264 g/mol. The van der Waals surface area contributed by atoms with Crippen LogP contribution in [-0.2, 0) is 4.79 Å². The minimum Gasteiger partial charge on any atom is -0.360 e. The molecule has 0 saturated carbocycles. The van der Waals surface area contributed by atoms with Crippen LogP contribution >= 0.6 is 0 Å². The highest BCUT2D eigenvalue weighted by Gasteiger charge is 2.22. The number of amides is 1. The zero-order valence-corrected chi connectivity index (χ0v) is 12.5. The van der Waals surface area contributed by atoms with Crippen LogP contribution < -0.4 is 5.32 Å². The molecule has 1 aromatic carbocycles. The van der Waals surface area contributed by atoms with Crippen LogP contribution in [0.3, 0.4) is 0 Å². The van der Waals surface area contributed by atoms with Gasteiger partial charge in [-0.15, -0.1) is 0 Å². The van der Waals surface area contributed by atoms with Gasteiger partial charge in [0.2, 0.25) is 0 Å². The van der Waals surface area contributed by atoms with Gasteiger partial charge in [-0.05, 0) is 25.6 Å². The van der Waals surface area contributed by atoms with Gasteiger partial charge in [-0.2, -0.15) is 5.26 Å². The Kier molecular flexibility index (Phi) is 4.96. The van der Waals surface area contributed by atoms with Gasteiger partial charge >= 0.3 is 0 Å². The predicted molar refractivity (Wildman–Crippen MR) is 82.6 cm³/mol. The molecular formula is C16H20N4O. The predicted octanol–water partition coefficient (Wildman–Crippen LogP) is 1.59. The van der Waals surface area contributed by atoms with Crippen LogP contribution in [0, 0.1) is 18.3 Å². The lowest BCUT2D eigenvalue weighted by molar-refractivity contribution is -0.128. The van der Waals surface area contributed by atoms with E-state index in [9.17, 15) is 10.1 Å². The Bertz CT molecular complexity index is 580. The van der Waals surface area contributed by atoms with Crippen molar-refractivity contribution in [1.29, 1.82) is 5.26 Å². The summed E-state index contributed by atoms with van der Waals surface area (Å²) in [6.07, 6.45) is 1.50. The number of rotatable bonds is 3. The fraction of sp³-hybridized carbons (Fsp3) is 0.375. The van der Waals surface area contributed by atoms with E-state index >= 15 is 0 Å². The Labute approximate surface area is 125 Å². The summed E-state index contributed by atoms with van der Waals surface area (Å²) in [4.78, 5) is 16.2. The first-order chi connectivity index (χ1) is 10.1. The van der Waals surface area contributed by atoms with E-state index in [1.165, 1.54) is 6.20 Å². The fourth-order valence-corrected chi connectivity index (χ4v) is 2.21. The van der Waals surface area contributed by atoms with Crippen molar-refractivity contribution in [3.8, 4) is 6.07 Å². The van der Waals surface area contributed by atoms with Gasteiger partial charge in [0.1, 0.15) is 11.6 Å². The summed E-state index contributed by atoms with van der Waals surface area (Å²) >= 11 is 0. The summed E-state index contributed by atoms with van der Waals surface area (Å²) in [5.74, 6) is -0.202. The van der Waals surface area contributed by atoms with E-state index in [4.69, 9.17) is 0 Å². The number of nitrogens with zero attached hydrogens (tertiary/aromatic N) is 3. The van der Waals surface area contributed by atoms with Crippen LogP contribution in [0.2, 0.25) is 0 Å². The maximum atomic E-state index is 12.3. The number of hydrogen-bond donors (Lipinski definition) is 1. The van der Waals surface area contributed by atoms with E-state index in [1.54, 1.807) is 4.90 Å². The lowest BCUT2D eigenvalue weighted by Gasteiger charge is -2.32. The van der Waals surface area contributed by atoms with Crippen LogP contribution in [0.15, 0.2) is 36.0 Å². The first-order valence-electron chi connectivity index (χ1n) is 7.02. The van der Waals surface area contributed by atoms with Crippen LogP contribution in [0.25, 0.3) is 0 Å². The second kappa shape index (κ2) is 6.91. The highest BCUT2D eigenvalue weighted by atomic mass is 16.2. The highest BCUT2D eigenvalue weighted by molar-refractivity contribution is 5.97. The van der Waals surface area contributed by atoms with Crippen molar-refractivity contribution in [2.75, 3.05) is 38.5 Å².